The number of hydrogen-bond donors (Lipinski definition) is 2. The van der Waals surface area contributed by atoms with Crippen LogP contribution in [-0.4, -0.2) is 62.3 Å². The summed E-state index contributed by atoms with van der Waals surface area (Å²) in [5, 5.41) is 7.85. The van der Waals surface area contributed by atoms with Gasteiger partial charge in [0.2, 0.25) is 0 Å². The molecule has 1 spiro atoms. The Balaban J connectivity index is 0.00000196. The van der Waals surface area contributed by atoms with Crippen LogP contribution in [0.15, 0.2) is 29.3 Å². The minimum atomic E-state index is 0. The maximum Gasteiger partial charge on any atom is 0.193 e. The summed E-state index contributed by atoms with van der Waals surface area (Å²) in [4.78, 5) is 11.4. The van der Waals surface area contributed by atoms with Crippen LogP contribution in [0.5, 0.6) is 0 Å². The summed E-state index contributed by atoms with van der Waals surface area (Å²) in [6, 6.07) is 8.23. The molecule has 2 N–H and O–H groups in total. The summed E-state index contributed by atoms with van der Waals surface area (Å²) in [6.07, 6.45) is 2.39. The Kier molecular flexibility index (Phi) is 6.57. The number of likely N-dealkylation sites (tertiary alicyclic amines) is 1. The largest absolute Gasteiger partial charge is 0.381 e. The van der Waals surface area contributed by atoms with Crippen LogP contribution in [0.1, 0.15) is 12.8 Å². The first-order valence-corrected chi connectivity index (χ1v) is 9.72. The molecule has 3 heterocycles. The second kappa shape index (κ2) is 8.71. The molecule has 142 valence electrons. The zero-order valence-electron chi connectivity index (χ0n) is 15.0. The minimum Gasteiger partial charge on any atom is -0.381 e. The third-order valence-corrected chi connectivity index (χ3v) is 6.11. The summed E-state index contributed by atoms with van der Waals surface area (Å²) in [5.41, 5.74) is 1.41. The van der Waals surface area contributed by atoms with Crippen LogP contribution in [0.3, 0.4) is 0 Å². The molecule has 26 heavy (non-hydrogen) atoms. The summed E-state index contributed by atoms with van der Waals surface area (Å²) >= 11 is 1.70. The van der Waals surface area contributed by atoms with Crippen LogP contribution in [-0.2, 0) is 4.74 Å². The highest BCUT2D eigenvalue weighted by molar-refractivity contribution is 14.0. The number of fused-ring (bicyclic) bond motifs is 1. The van der Waals surface area contributed by atoms with E-state index in [4.69, 9.17) is 4.74 Å². The molecule has 0 aliphatic carbocycles. The number of aliphatic imine (C=N–C) groups is 1. The number of nitrogens with one attached hydrogen (secondary N) is 2. The zero-order chi connectivity index (χ0) is 17.1. The fourth-order valence-electron chi connectivity index (χ4n) is 3.71. The molecule has 2 aromatic rings. The van der Waals surface area contributed by atoms with Gasteiger partial charge in [-0.05, 0) is 25.0 Å². The normalized spacial score (nSPS) is 22.8. The van der Waals surface area contributed by atoms with Crippen LogP contribution in [0.4, 0.5) is 5.13 Å². The molecule has 0 saturated carbocycles. The first kappa shape index (κ1) is 19.6. The van der Waals surface area contributed by atoms with Crippen molar-refractivity contribution < 1.29 is 4.74 Å². The predicted molar refractivity (Wildman–Crippen MR) is 119 cm³/mol. The quantitative estimate of drug-likeness (QED) is 0.301. The van der Waals surface area contributed by atoms with Crippen molar-refractivity contribution in [2.24, 2.45) is 10.4 Å². The van der Waals surface area contributed by atoms with Crippen molar-refractivity contribution in [3.05, 3.63) is 24.3 Å². The van der Waals surface area contributed by atoms with E-state index in [1.807, 2.05) is 25.2 Å². The van der Waals surface area contributed by atoms with E-state index in [-0.39, 0.29) is 24.0 Å². The highest BCUT2D eigenvalue weighted by Crippen LogP contribution is 2.38. The lowest BCUT2D eigenvalue weighted by Gasteiger charge is -2.24. The number of anilines is 1. The number of nitrogens with zero attached hydrogens (tertiary/aromatic N) is 3. The lowest BCUT2D eigenvalue weighted by molar-refractivity contribution is 0.156. The molecule has 2 fully saturated rings. The summed E-state index contributed by atoms with van der Waals surface area (Å²) in [6.45, 7) is 5.57. The van der Waals surface area contributed by atoms with E-state index in [0.29, 0.717) is 5.41 Å². The number of thiazole rings is 1. The number of rotatable bonds is 4. The first-order valence-electron chi connectivity index (χ1n) is 8.91. The van der Waals surface area contributed by atoms with Crippen LogP contribution < -0.4 is 10.6 Å². The number of aromatic nitrogens is 1. The molecule has 1 unspecified atom stereocenters. The highest BCUT2D eigenvalue weighted by Gasteiger charge is 2.42. The molecule has 0 bridgehead atoms. The first-order chi connectivity index (χ1) is 12.3. The van der Waals surface area contributed by atoms with Gasteiger partial charge in [-0.3, -0.25) is 4.99 Å². The monoisotopic (exact) mass is 487 g/mol. The Morgan fingerprint density at radius 1 is 1.35 bits per heavy atom. The molecular formula is C18H26IN5OS. The third kappa shape index (κ3) is 4.23. The van der Waals surface area contributed by atoms with Gasteiger partial charge in [0.1, 0.15) is 0 Å². The van der Waals surface area contributed by atoms with Crippen molar-refractivity contribution in [1.82, 2.24) is 15.2 Å². The van der Waals surface area contributed by atoms with E-state index < -0.39 is 0 Å². The van der Waals surface area contributed by atoms with E-state index in [1.54, 1.807) is 11.3 Å². The van der Waals surface area contributed by atoms with Gasteiger partial charge < -0.3 is 20.3 Å². The van der Waals surface area contributed by atoms with E-state index in [0.717, 1.165) is 56.0 Å². The maximum atomic E-state index is 5.61. The van der Waals surface area contributed by atoms with Gasteiger partial charge >= 0.3 is 0 Å². The Morgan fingerprint density at radius 3 is 3.00 bits per heavy atom. The Bertz CT molecular complexity index is 726. The van der Waals surface area contributed by atoms with Crippen LogP contribution in [0, 0.1) is 5.41 Å². The fourth-order valence-corrected chi connectivity index (χ4v) is 4.60. The van der Waals surface area contributed by atoms with Gasteiger partial charge in [0, 0.05) is 45.2 Å². The molecule has 0 radical (unpaired) electrons. The summed E-state index contributed by atoms with van der Waals surface area (Å²) in [5.74, 6) is 0.995. The molecule has 2 saturated heterocycles. The van der Waals surface area contributed by atoms with Gasteiger partial charge in [0.05, 0.1) is 16.8 Å². The van der Waals surface area contributed by atoms with Crippen molar-refractivity contribution >= 4 is 56.6 Å². The van der Waals surface area contributed by atoms with Gasteiger partial charge in [-0.1, -0.05) is 23.5 Å². The van der Waals surface area contributed by atoms with E-state index in [1.165, 1.54) is 17.5 Å². The number of benzene rings is 1. The lowest BCUT2D eigenvalue weighted by atomic mass is 9.87. The number of hydrogen-bond acceptors (Lipinski definition) is 5. The van der Waals surface area contributed by atoms with Crippen molar-refractivity contribution in [2.45, 2.75) is 12.8 Å². The predicted octanol–water partition coefficient (Wildman–Crippen LogP) is 3.01. The molecule has 6 nitrogen and oxygen atoms in total. The molecule has 1 aromatic carbocycles. The average Bonchev–Trinajstić information content (AvgIpc) is 3.36. The molecule has 1 aromatic heterocycles. The Morgan fingerprint density at radius 2 is 2.23 bits per heavy atom. The van der Waals surface area contributed by atoms with Crippen molar-refractivity contribution in [1.29, 1.82) is 0 Å². The van der Waals surface area contributed by atoms with E-state index in [9.17, 15) is 0 Å². The van der Waals surface area contributed by atoms with Crippen molar-refractivity contribution in [3.63, 3.8) is 0 Å². The Hall–Kier alpha value is -1.13. The smallest absolute Gasteiger partial charge is 0.193 e. The molecular weight excluding hydrogens is 461 g/mol. The molecule has 8 heteroatoms. The van der Waals surface area contributed by atoms with E-state index >= 15 is 0 Å². The molecule has 1 atom stereocenters. The van der Waals surface area contributed by atoms with Crippen LogP contribution in [0.25, 0.3) is 10.2 Å². The maximum absolute atomic E-state index is 5.61. The second-order valence-electron chi connectivity index (χ2n) is 6.86. The van der Waals surface area contributed by atoms with E-state index in [2.05, 4.69) is 31.6 Å². The zero-order valence-corrected chi connectivity index (χ0v) is 18.2. The minimum absolute atomic E-state index is 0. The molecule has 4 rings (SSSR count). The van der Waals surface area contributed by atoms with Gasteiger partial charge in [0.25, 0.3) is 0 Å². The van der Waals surface area contributed by atoms with Crippen LogP contribution in [0.2, 0.25) is 0 Å². The number of halogens is 1. The second-order valence-corrected chi connectivity index (χ2v) is 7.89. The summed E-state index contributed by atoms with van der Waals surface area (Å²) < 4.78 is 6.83. The SMILES string of the molecule is CN=C(NCCNc1nc2ccccc2s1)N1CCC2(CCOC2)C1.I. The van der Waals surface area contributed by atoms with Crippen molar-refractivity contribution in [3.8, 4) is 0 Å². The van der Waals surface area contributed by atoms with Crippen LogP contribution >= 0.6 is 35.3 Å². The van der Waals surface area contributed by atoms with Gasteiger partial charge in [-0.25, -0.2) is 4.98 Å². The molecule has 2 aliphatic heterocycles. The lowest BCUT2D eigenvalue weighted by Crippen LogP contribution is -2.43. The summed E-state index contributed by atoms with van der Waals surface area (Å²) in [7, 11) is 1.86. The van der Waals surface area contributed by atoms with Crippen molar-refractivity contribution in [2.75, 3.05) is 51.8 Å². The highest BCUT2D eigenvalue weighted by atomic mass is 127. The van der Waals surface area contributed by atoms with Gasteiger partial charge in [0.15, 0.2) is 11.1 Å². The number of ether oxygens (including phenoxy) is 1. The third-order valence-electron chi connectivity index (χ3n) is 5.11. The standard InChI is InChI=1S/C18H25N5OS.HI/c1-19-16(23-10-6-18(12-23)7-11-24-13-18)20-8-9-21-17-22-14-4-2-3-5-15(14)25-17;/h2-5H,6-13H2,1H3,(H,19,20)(H,21,22);1H. The number of para-hydroxylation sites is 1. The molecule has 0 amide bonds. The van der Waals surface area contributed by atoms with Gasteiger partial charge in [-0.15, -0.1) is 24.0 Å². The number of guanidine groups is 1. The topological polar surface area (TPSA) is 61.8 Å². The molecule has 2 aliphatic rings. The Labute approximate surface area is 175 Å². The fraction of sp³-hybridized carbons (Fsp3) is 0.556. The average molecular weight is 487 g/mol. The van der Waals surface area contributed by atoms with Gasteiger partial charge in [-0.2, -0.15) is 0 Å².